The van der Waals surface area contributed by atoms with E-state index in [1.54, 1.807) is 12.1 Å². The number of hydrogen-bond donors (Lipinski definition) is 4. The molecule has 196 valence electrons. The van der Waals surface area contributed by atoms with Gasteiger partial charge < -0.3 is 26.1 Å². The number of anilines is 1. The molecule has 2 amide bonds. The third-order valence-electron chi connectivity index (χ3n) is 4.57. The number of alkyl halides is 3. The number of aryl methyl sites for hydroxylation is 1. The van der Waals surface area contributed by atoms with E-state index in [0.29, 0.717) is 30.6 Å². The molecular formula is C23H30F3N7O3. The van der Waals surface area contributed by atoms with Gasteiger partial charge in [-0.05, 0) is 62.9 Å². The summed E-state index contributed by atoms with van der Waals surface area (Å²) in [6, 6.07) is 8.47. The maximum absolute atomic E-state index is 12.4. The summed E-state index contributed by atoms with van der Waals surface area (Å²) in [5.41, 5.74) is 6.80. The summed E-state index contributed by atoms with van der Waals surface area (Å²) in [7, 11) is 0. The molecule has 0 saturated heterocycles. The molecule has 0 aliphatic carbocycles. The lowest BCUT2D eigenvalue weighted by molar-refractivity contribution is -0.274. The highest BCUT2D eigenvalue weighted by Crippen LogP contribution is 2.23. The second-order valence-corrected chi connectivity index (χ2v) is 8.24. The first kappa shape index (κ1) is 28.4. The van der Waals surface area contributed by atoms with E-state index in [1.807, 2.05) is 13.8 Å². The van der Waals surface area contributed by atoms with Crippen LogP contribution in [0.3, 0.4) is 0 Å². The molecule has 10 nitrogen and oxygen atoms in total. The molecule has 2 rings (SSSR count). The average molecular weight is 510 g/mol. The predicted molar refractivity (Wildman–Crippen MR) is 127 cm³/mol. The molecule has 0 radical (unpaired) electrons. The van der Waals surface area contributed by atoms with Gasteiger partial charge in [-0.15, -0.1) is 18.3 Å². The Labute approximate surface area is 206 Å². The normalized spacial score (nSPS) is 11.8. The van der Waals surface area contributed by atoms with Crippen molar-refractivity contribution in [2.45, 2.75) is 51.9 Å². The third kappa shape index (κ3) is 11.0. The van der Waals surface area contributed by atoms with Crippen molar-refractivity contribution >= 4 is 17.6 Å². The lowest BCUT2D eigenvalue weighted by Gasteiger charge is -2.15. The number of halogens is 3. The van der Waals surface area contributed by atoms with Crippen LogP contribution in [0.1, 0.15) is 37.9 Å². The minimum absolute atomic E-state index is 0.0250. The van der Waals surface area contributed by atoms with Crippen LogP contribution in [0.5, 0.6) is 5.75 Å². The standard InChI is InChI=1S/C23H30F3N7O3/c1-15(2)29-22(35)19(27)14-33(28)11-4-3-7-17-9-10-20(32-31-17)30-21(34)13-16-6-5-8-18(12-16)36-23(24,25)26/h5-6,8-10,12,14-15H,3-4,7,11,13,27-28H2,1-2H3,(H,29,35)(H,30,32,34)/b19-14-. The van der Waals surface area contributed by atoms with Gasteiger partial charge in [0.25, 0.3) is 5.91 Å². The van der Waals surface area contributed by atoms with E-state index in [0.717, 1.165) is 18.6 Å². The molecule has 6 N–H and O–H groups in total. The zero-order chi connectivity index (χ0) is 26.7. The zero-order valence-corrected chi connectivity index (χ0v) is 20.0. The minimum Gasteiger partial charge on any atom is -0.406 e. The number of carbonyl (C=O) groups excluding carboxylic acids is 2. The zero-order valence-electron chi connectivity index (χ0n) is 20.0. The van der Waals surface area contributed by atoms with Crippen LogP contribution in [0.15, 0.2) is 48.3 Å². The molecule has 0 spiro atoms. The van der Waals surface area contributed by atoms with Gasteiger partial charge in [-0.1, -0.05) is 12.1 Å². The molecule has 0 aliphatic rings. The van der Waals surface area contributed by atoms with Crippen LogP contribution in [-0.4, -0.2) is 46.0 Å². The van der Waals surface area contributed by atoms with Gasteiger partial charge in [-0.3, -0.25) is 9.59 Å². The third-order valence-corrected chi connectivity index (χ3v) is 4.57. The van der Waals surface area contributed by atoms with E-state index in [1.165, 1.54) is 23.3 Å². The molecule has 36 heavy (non-hydrogen) atoms. The molecule has 1 aromatic heterocycles. The molecule has 2 aromatic rings. The van der Waals surface area contributed by atoms with Crippen LogP contribution >= 0.6 is 0 Å². The van der Waals surface area contributed by atoms with Crippen molar-refractivity contribution in [2.75, 3.05) is 11.9 Å². The molecule has 0 bridgehead atoms. The van der Waals surface area contributed by atoms with Crippen LogP contribution in [-0.2, 0) is 22.4 Å². The number of amides is 2. The first-order valence-corrected chi connectivity index (χ1v) is 11.2. The summed E-state index contributed by atoms with van der Waals surface area (Å²) < 4.78 is 40.9. The number of carbonyl (C=O) groups is 2. The van der Waals surface area contributed by atoms with Gasteiger partial charge in [0.1, 0.15) is 11.4 Å². The Bertz CT molecular complexity index is 1040. The van der Waals surface area contributed by atoms with Gasteiger partial charge in [0, 0.05) is 18.8 Å². The SMILES string of the molecule is CC(C)NC(=O)/C(N)=C/N(N)CCCCc1ccc(NC(=O)Cc2cccc(OC(F)(F)F)c2)nn1. The van der Waals surface area contributed by atoms with Crippen LogP contribution in [0, 0.1) is 0 Å². The minimum atomic E-state index is -4.81. The average Bonchev–Trinajstić information content (AvgIpc) is 2.76. The molecule has 1 heterocycles. The van der Waals surface area contributed by atoms with E-state index in [2.05, 4.69) is 25.6 Å². The number of aromatic nitrogens is 2. The largest absolute Gasteiger partial charge is 0.573 e. The second kappa shape index (κ2) is 13.3. The number of nitrogens with two attached hydrogens (primary N) is 2. The van der Waals surface area contributed by atoms with Crippen molar-refractivity contribution in [3.05, 3.63) is 59.6 Å². The van der Waals surface area contributed by atoms with E-state index in [9.17, 15) is 22.8 Å². The molecule has 1 aromatic carbocycles. The Balaban J connectivity index is 1.75. The van der Waals surface area contributed by atoms with E-state index in [-0.39, 0.29) is 29.9 Å². The number of rotatable bonds is 12. The fourth-order valence-corrected chi connectivity index (χ4v) is 3.03. The maximum Gasteiger partial charge on any atom is 0.573 e. The van der Waals surface area contributed by atoms with Crippen LogP contribution in [0.4, 0.5) is 19.0 Å². The Hall–Kier alpha value is -3.87. The van der Waals surface area contributed by atoms with E-state index >= 15 is 0 Å². The monoisotopic (exact) mass is 509 g/mol. The van der Waals surface area contributed by atoms with Gasteiger partial charge in [0.15, 0.2) is 5.82 Å². The van der Waals surface area contributed by atoms with Crippen molar-refractivity contribution in [1.82, 2.24) is 20.5 Å². The molecular weight excluding hydrogens is 479 g/mol. The second-order valence-electron chi connectivity index (χ2n) is 8.24. The molecule has 13 heteroatoms. The predicted octanol–water partition coefficient (Wildman–Crippen LogP) is 2.38. The quantitative estimate of drug-likeness (QED) is 0.148. The number of unbranched alkanes of at least 4 members (excludes halogenated alkanes) is 1. The summed E-state index contributed by atoms with van der Waals surface area (Å²) in [6.45, 7) is 4.14. The Kier molecular flexibility index (Phi) is 10.5. The van der Waals surface area contributed by atoms with Crippen LogP contribution < -0.4 is 26.9 Å². The molecule has 0 atom stereocenters. The highest BCUT2D eigenvalue weighted by Gasteiger charge is 2.31. The number of ether oxygens (including phenoxy) is 1. The van der Waals surface area contributed by atoms with Crippen molar-refractivity contribution in [3.63, 3.8) is 0 Å². The Morgan fingerprint density at radius 3 is 2.56 bits per heavy atom. The van der Waals surface area contributed by atoms with Crippen molar-refractivity contribution in [2.24, 2.45) is 11.6 Å². The summed E-state index contributed by atoms with van der Waals surface area (Å²) in [5, 5.41) is 14.6. The molecule has 0 saturated carbocycles. The highest BCUT2D eigenvalue weighted by atomic mass is 19.4. The number of nitrogens with one attached hydrogen (secondary N) is 2. The molecule has 0 fully saturated rings. The van der Waals surface area contributed by atoms with Gasteiger partial charge >= 0.3 is 6.36 Å². The fraction of sp³-hybridized carbons (Fsp3) is 0.391. The highest BCUT2D eigenvalue weighted by molar-refractivity contribution is 5.92. The number of hydrogen-bond acceptors (Lipinski definition) is 8. The van der Waals surface area contributed by atoms with Gasteiger partial charge in [0.05, 0.1) is 12.1 Å². The van der Waals surface area contributed by atoms with Gasteiger partial charge in [0.2, 0.25) is 5.91 Å². The van der Waals surface area contributed by atoms with Crippen LogP contribution in [0.2, 0.25) is 0 Å². The number of benzene rings is 1. The Morgan fingerprint density at radius 1 is 1.17 bits per heavy atom. The van der Waals surface area contributed by atoms with Gasteiger partial charge in [-0.2, -0.15) is 5.10 Å². The smallest absolute Gasteiger partial charge is 0.406 e. The first-order chi connectivity index (χ1) is 16.9. The fourth-order valence-electron chi connectivity index (χ4n) is 3.03. The number of nitrogens with zero attached hydrogens (tertiary/aromatic N) is 3. The van der Waals surface area contributed by atoms with E-state index < -0.39 is 18.0 Å². The molecule has 0 unspecified atom stereocenters. The Morgan fingerprint density at radius 2 is 1.92 bits per heavy atom. The van der Waals surface area contributed by atoms with Crippen LogP contribution in [0.25, 0.3) is 0 Å². The van der Waals surface area contributed by atoms with E-state index in [4.69, 9.17) is 11.6 Å². The van der Waals surface area contributed by atoms with Gasteiger partial charge in [-0.25, -0.2) is 5.84 Å². The van der Waals surface area contributed by atoms with Crippen molar-refractivity contribution < 1.29 is 27.5 Å². The first-order valence-electron chi connectivity index (χ1n) is 11.2. The summed E-state index contributed by atoms with van der Waals surface area (Å²) in [6.07, 6.45) is -1.51. The topological polar surface area (TPSA) is 148 Å². The maximum atomic E-state index is 12.4. The lowest BCUT2D eigenvalue weighted by Crippen LogP contribution is -2.36. The molecule has 0 aliphatic heterocycles. The summed E-state index contributed by atoms with van der Waals surface area (Å²) in [4.78, 5) is 24.0. The van der Waals surface area contributed by atoms with Crippen molar-refractivity contribution in [3.8, 4) is 5.75 Å². The number of hydrazine groups is 1. The summed E-state index contributed by atoms with van der Waals surface area (Å²) in [5.74, 6) is 4.83. The summed E-state index contributed by atoms with van der Waals surface area (Å²) >= 11 is 0. The van der Waals surface area contributed by atoms with Crippen molar-refractivity contribution in [1.29, 1.82) is 0 Å². The lowest BCUT2D eigenvalue weighted by atomic mass is 10.1.